The fraction of sp³-hybridized carbons (Fsp3) is 0. The quantitative estimate of drug-likeness (QED) is 0.531. The molecule has 0 spiro atoms. The van der Waals surface area contributed by atoms with Gasteiger partial charge in [0.25, 0.3) is 0 Å². The summed E-state index contributed by atoms with van der Waals surface area (Å²) in [5, 5.41) is 12.3. The van der Waals surface area contributed by atoms with E-state index >= 15 is 0 Å². The van der Waals surface area contributed by atoms with E-state index in [0.717, 1.165) is 11.2 Å². The summed E-state index contributed by atoms with van der Waals surface area (Å²) in [6.45, 7) is 0. The summed E-state index contributed by atoms with van der Waals surface area (Å²) in [7, 11) is 0. The molecule has 0 unspecified atom stereocenters. The minimum atomic E-state index is 0.540. The van der Waals surface area contributed by atoms with Gasteiger partial charge in [-0.3, -0.25) is 4.57 Å². The highest BCUT2D eigenvalue weighted by atomic mass is 15.3. The van der Waals surface area contributed by atoms with Gasteiger partial charge in [-0.2, -0.15) is 5.10 Å². The standard InChI is InChI=1S/C12H8N8/c1-2-11(17-16-3-1)19-7-14-6-10(19)12-15-5-9-4-13-8-20(9)18-12/h1-8H. The molecule has 0 bridgehead atoms. The molecule has 0 aliphatic heterocycles. The molecule has 8 nitrogen and oxygen atoms in total. The summed E-state index contributed by atoms with van der Waals surface area (Å²) in [5.41, 5.74) is 1.57. The maximum atomic E-state index is 4.40. The Kier molecular flexibility index (Phi) is 2.25. The lowest BCUT2D eigenvalue weighted by molar-refractivity contribution is 0.872. The summed E-state index contributed by atoms with van der Waals surface area (Å²) < 4.78 is 3.45. The maximum absolute atomic E-state index is 4.40. The zero-order valence-corrected chi connectivity index (χ0v) is 10.2. The van der Waals surface area contributed by atoms with Gasteiger partial charge in [0.1, 0.15) is 23.9 Å². The Balaban J connectivity index is 1.88. The van der Waals surface area contributed by atoms with Gasteiger partial charge in [0.15, 0.2) is 11.6 Å². The van der Waals surface area contributed by atoms with Crippen LogP contribution in [-0.2, 0) is 0 Å². The lowest BCUT2D eigenvalue weighted by Crippen LogP contribution is -2.03. The van der Waals surface area contributed by atoms with Crippen LogP contribution in [0.3, 0.4) is 0 Å². The second-order valence-corrected chi connectivity index (χ2v) is 4.08. The van der Waals surface area contributed by atoms with Gasteiger partial charge in [-0.1, -0.05) is 0 Å². The normalized spacial score (nSPS) is 11.0. The zero-order chi connectivity index (χ0) is 13.4. The summed E-state index contributed by atoms with van der Waals surface area (Å²) in [6.07, 6.45) is 10.00. The van der Waals surface area contributed by atoms with Crippen LogP contribution in [0.15, 0.2) is 49.6 Å². The van der Waals surface area contributed by atoms with Crippen molar-refractivity contribution in [2.75, 3.05) is 0 Å². The van der Waals surface area contributed by atoms with Crippen LogP contribution in [0.1, 0.15) is 0 Å². The van der Waals surface area contributed by atoms with Gasteiger partial charge in [0.05, 0.1) is 18.6 Å². The molecular formula is C12H8N8. The largest absolute Gasteiger partial charge is 0.278 e. The molecule has 0 saturated carbocycles. The molecule has 0 saturated heterocycles. The highest BCUT2D eigenvalue weighted by Crippen LogP contribution is 2.17. The number of hydrogen-bond acceptors (Lipinski definition) is 6. The van der Waals surface area contributed by atoms with E-state index in [9.17, 15) is 0 Å². The molecule has 96 valence electrons. The predicted octanol–water partition coefficient (Wildman–Crippen LogP) is 0.767. The van der Waals surface area contributed by atoms with Gasteiger partial charge in [0.2, 0.25) is 0 Å². The molecule has 8 heteroatoms. The zero-order valence-electron chi connectivity index (χ0n) is 10.2. The van der Waals surface area contributed by atoms with Crippen LogP contribution in [0, 0.1) is 0 Å². The van der Waals surface area contributed by atoms with E-state index in [1.54, 1.807) is 46.5 Å². The first-order valence-corrected chi connectivity index (χ1v) is 5.88. The number of rotatable bonds is 2. The predicted molar refractivity (Wildman–Crippen MR) is 68.9 cm³/mol. The Morgan fingerprint density at radius 3 is 2.85 bits per heavy atom. The van der Waals surface area contributed by atoms with Crippen molar-refractivity contribution in [1.82, 2.24) is 39.3 Å². The molecule has 4 heterocycles. The van der Waals surface area contributed by atoms with Crippen LogP contribution in [0.2, 0.25) is 0 Å². The van der Waals surface area contributed by atoms with E-state index in [1.165, 1.54) is 0 Å². The average Bonchev–Trinajstić information content (AvgIpc) is 3.16. The smallest absolute Gasteiger partial charge is 0.198 e. The van der Waals surface area contributed by atoms with Crippen molar-refractivity contribution in [3.8, 4) is 17.3 Å². The number of fused-ring (bicyclic) bond motifs is 1. The first kappa shape index (κ1) is 10.7. The molecule has 20 heavy (non-hydrogen) atoms. The van der Waals surface area contributed by atoms with Gasteiger partial charge in [-0.15, -0.1) is 10.2 Å². The SMILES string of the molecule is c1cnnc(-n2cncc2-c2ncc3cncn3n2)c1. The molecule has 4 aromatic heterocycles. The van der Waals surface area contributed by atoms with Crippen LogP contribution in [0.5, 0.6) is 0 Å². The minimum absolute atomic E-state index is 0.540. The van der Waals surface area contributed by atoms with Crippen LogP contribution < -0.4 is 0 Å². The van der Waals surface area contributed by atoms with Gasteiger partial charge in [-0.05, 0) is 12.1 Å². The number of hydrogen-bond donors (Lipinski definition) is 0. The third-order valence-electron chi connectivity index (χ3n) is 2.84. The summed E-state index contributed by atoms with van der Waals surface area (Å²) in [5.74, 6) is 1.20. The van der Waals surface area contributed by atoms with Crippen molar-refractivity contribution in [3.05, 3.63) is 49.6 Å². The van der Waals surface area contributed by atoms with Crippen molar-refractivity contribution in [1.29, 1.82) is 0 Å². The average molecular weight is 264 g/mol. The Bertz CT molecular complexity index is 863. The molecule has 0 amide bonds. The third-order valence-corrected chi connectivity index (χ3v) is 2.84. The van der Waals surface area contributed by atoms with E-state index in [2.05, 4.69) is 30.2 Å². The van der Waals surface area contributed by atoms with Crippen LogP contribution in [0.25, 0.3) is 22.9 Å². The lowest BCUT2D eigenvalue weighted by Gasteiger charge is -2.05. The van der Waals surface area contributed by atoms with Gasteiger partial charge in [-0.25, -0.2) is 19.5 Å². The van der Waals surface area contributed by atoms with E-state index < -0.39 is 0 Å². The molecule has 4 aromatic rings. The first-order valence-electron chi connectivity index (χ1n) is 5.88. The first-order chi connectivity index (χ1) is 9.92. The van der Waals surface area contributed by atoms with Gasteiger partial charge in [0, 0.05) is 6.20 Å². The Labute approximate surface area is 112 Å². The third kappa shape index (κ3) is 1.62. The molecule has 4 rings (SSSR count). The van der Waals surface area contributed by atoms with Crippen LogP contribution in [-0.4, -0.2) is 39.3 Å². The second kappa shape index (κ2) is 4.19. The fourth-order valence-corrected chi connectivity index (χ4v) is 1.91. The van der Waals surface area contributed by atoms with E-state index in [4.69, 9.17) is 0 Å². The molecule has 0 aliphatic rings. The molecule has 0 atom stereocenters. The number of aromatic nitrogens is 8. The molecule has 0 N–H and O–H groups in total. The molecule has 0 aliphatic carbocycles. The lowest BCUT2D eigenvalue weighted by atomic mass is 10.4. The Morgan fingerprint density at radius 2 is 1.95 bits per heavy atom. The van der Waals surface area contributed by atoms with Gasteiger partial charge < -0.3 is 0 Å². The van der Waals surface area contributed by atoms with Crippen molar-refractivity contribution < 1.29 is 0 Å². The molecule has 0 fully saturated rings. The summed E-state index contributed by atoms with van der Waals surface area (Å²) >= 11 is 0. The highest BCUT2D eigenvalue weighted by Gasteiger charge is 2.11. The summed E-state index contributed by atoms with van der Waals surface area (Å²) in [6, 6.07) is 3.65. The van der Waals surface area contributed by atoms with Gasteiger partial charge >= 0.3 is 0 Å². The van der Waals surface area contributed by atoms with E-state index in [0.29, 0.717) is 11.6 Å². The topological polar surface area (TPSA) is 86.7 Å². The molecule has 0 radical (unpaired) electrons. The molecule has 0 aromatic carbocycles. The Hall–Kier alpha value is -3.16. The monoisotopic (exact) mass is 264 g/mol. The molecular weight excluding hydrogens is 256 g/mol. The van der Waals surface area contributed by atoms with Crippen molar-refractivity contribution in [2.24, 2.45) is 0 Å². The van der Waals surface area contributed by atoms with E-state index in [-0.39, 0.29) is 0 Å². The fourth-order valence-electron chi connectivity index (χ4n) is 1.91. The number of nitrogens with zero attached hydrogens (tertiary/aromatic N) is 8. The highest BCUT2D eigenvalue weighted by molar-refractivity contribution is 5.53. The minimum Gasteiger partial charge on any atom is -0.278 e. The number of imidazole rings is 2. The van der Waals surface area contributed by atoms with Crippen molar-refractivity contribution in [2.45, 2.75) is 0 Å². The van der Waals surface area contributed by atoms with E-state index in [1.807, 2.05) is 12.1 Å². The Morgan fingerprint density at radius 1 is 1.00 bits per heavy atom. The van der Waals surface area contributed by atoms with Crippen molar-refractivity contribution in [3.63, 3.8) is 0 Å². The van der Waals surface area contributed by atoms with Crippen LogP contribution >= 0.6 is 0 Å². The summed E-state index contributed by atoms with van der Waals surface area (Å²) in [4.78, 5) is 12.5. The second-order valence-electron chi connectivity index (χ2n) is 4.08. The van der Waals surface area contributed by atoms with Crippen molar-refractivity contribution >= 4 is 5.52 Å². The maximum Gasteiger partial charge on any atom is 0.198 e. The van der Waals surface area contributed by atoms with Crippen LogP contribution in [0.4, 0.5) is 0 Å².